The molecule has 0 radical (unpaired) electrons. The van der Waals surface area contributed by atoms with E-state index in [0.29, 0.717) is 12.0 Å². The molecule has 1 atom stereocenters. The summed E-state index contributed by atoms with van der Waals surface area (Å²) in [6.45, 7) is 1.92. The number of aliphatic carboxylic acids is 1. The largest absolute Gasteiger partial charge is 0.548 e. The van der Waals surface area contributed by atoms with Gasteiger partial charge in [-0.1, -0.05) is 43.7 Å². The van der Waals surface area contributed by atoms with E-state index >= 15 is 0 Å². The summed E-state index contributed by atoms with van der Waals surface area (Å²) in [7, 11) is 0. The number of thioether (sulfide) groups is 1. The molecule has 0 aromatic heterocycles. The third kappa shape index (κ3) is 4.43. The van der Waals surface area contributed by atoms with Gasteiger partial charge in [0.2, 0.25) is 0 Å². The van der Waals surface area contributed by atoms with E-state index in [9.17, 15) is 24.8 Å². The van der Waals surface area contributed by atoms with Crippen LogP contribution in [-0.4, -0.2) is 32.1 Å². The van der Waals surface area contributed by atoms with Crippen LogP contribution in [0.4, 0.5) is 5.69 Å². The lowest BCUT2D eigenvalue weighted by Gasteiger charge is -2.27. The number of carboxylic acids is 1. The molecule has 1 aliphatic heterocycles. The minimum Gasteiger partial charge on any atom is -0.548 e. The molecular weight excluding hydrogens is 364 g/mol. The molecule has 1 saturated heterocycles. The van der Waals surface area contributed by atoms with Crippen molar-refractivity contribution in [2.24, 2.45) is 0 Å². The standard InChI is InChI=1S/C16H16N2O5S2/c1-2-3-4-12(15(20)21)17-14(19)13(25-16(17)24)9-10-5-7-11(8-6-10)18(22)23/h5-9,12H,2-4H2,1H3,(H,20,21)/p-1/b13-9-/t12-/m1/s1. The second-order valence-corrected chi connectivity index (χ2v) is 7.05. The maximum absolute atomic E-state index is 12.6. The fourth-order valence-corrected chi connectivity index (χ4v) is 3.70. The fraction of sp³-hybridized carbons (Fsp3) is 0.312. The lowest BCUT2D eigenvalue weighted by atomic mass is 10.1. The van der Waals surface area contributed by atoms with Crippen molar-refractivity contribution in [3.8, 4) is 0 Å². The molecule has 1 aromatic rings. The van der Waals surface area contributed by atoms with Crippen molar-refractivity contribution in [1.29, 1.82) is 0 Å². The van der Waals surface area contributed by atoms with Gasteiger partial charge in [-0.15, -0.1) is 0 Å². The van der Waals surface area contributed by atoms with Crippen molar-refractivity contribution in [3.05, 3.63) is 44.8 Å². The summed E-state index contributed by atoms with van der Waals surface area (Å²) in [5.41, 5.74) is 0.533. The quantitative estimate of drug-likeness (QED) is 0.309. The molecule has 1 aromatic carbocycles. The van der Waals surface area contributed by atoms with Gasteiger partial charge in [-0.25, -0.2) is 0 Å². The van der Waals surface area contributed by atoms with Crippen molar-refractivity contribution < 1.29 is 19.6 Å². The Kier molecular flexibility index (Phi) is 6.27. The lowest BCUT2D eigenvalue weighted by molar-refractivity contribution is -0.384. The molecule has 0 bridgehead atoms. The predicted molar refractivity (Wildman–Crippen MR) is 96.4 cm³/mol. The van der Waals surface area contributed by atoms with Crippen LogP contribution < -0.4 is 5.11 Å². The molecule has 0 unspecified atom stereocenters. The average molecular weight is 379 g/mol. The van der Waals surface area contributed by atoms with E-state index in [2.05, 4.69) is 0 Å². The highest BCUT2D eigenvalue weighted by atomic mass is 32.2. The number of carbonyl (C=O) groups excluding carboxylic acids is 2. The summed E-state index contributed by atoms with van der Waals surface area (Å²) in [5, 5.41) is 22.1. The van der Waals surface area contributed by atoms with E-state index < -0.39 is 22.8 Å². The minimum absolute atomic E-state index is 0.0544. The van der Waals surface area contributed by atoms with Gasteiger partial charge in [-0.3, -0.25) is 19.8 Å². The molecule has 1 fully saturated rings. The fourth-order valence-electron chi connectivity index (χ4n) is 2.34. The number of unbranched alkanes of at least 4 members (excludes halogenated alkanes) is 1. The molecule has 9 heteroatoms. The number of carbonyl (C=O) groups is 2. The van der Waals surface area contributed by atoms with E-state index in [1.165, 1.54) is 30.3 Å². The molecule has 0 aliphatic carbocycles. The Balaban J connectivity index is 2.24. The van der Waals surface area contributed by atoms with Crippen molar-refractivity contribution in [3.63, 3.8) is 0 Å². The number of rotatable bonds is 7. The van der Waals surface area contributed by atoms with Gasteiger partial charge in [0.15, 0.2) is 0 Å². The minimum atomic E-state index is -1.33. The third-order valence-corrected chi connectivity index (χ3v) is 4.97. The molecule has 0 N–H and O–H groups in total. The van der Waals surface area contributed by atoms with Crippen LogP contribution in [0.5, 0.6) is 0 Å². The SMILES string of the molecule is CCCC[C@H](C(=O)[O-])N1C(=O)/C(=C/c2ccc([N+](=O)[O-])cc2)SC1=S. The average Bonchev–Trinajstić information content (AvgIpc) is 2.83. The van der Waals surface area contributed by atoms with Crippen LogP contribution in [0.1, 0.15) is 31.7 Å². The first-order valence-electron chi connectivity index (χ1n) is 7.57. The summed E-state index contributed by atoms with van der Waals surface area (Å²) >= 11 is 6.17. The molecule has 1 aliphatic rings. The van der Waals surface area contributed by atoms with Crippen LogP contribution in [0.3, 0.4) is 0 Å². The zero-order valence-corrected chi connectivity index (χ0v) is 15.0. The van der Waals surface area contributed by atoms with Crippen molar-refractivity contribution in [2.75, 3.05) is 0 Å². The summed E-state index contributed by atoms with van der Waals surface area (Å²) in [6, 6.07) is 4.60. The number of amides is 1. The highest BCUT2D eigenvalue weighted by molar-refractivity contribution is 8.26. The van der Waals surface area contributed by atoms with Crippen LogP contribution in [0.15, 0.2) is 29.2 Å². The van der Waals surface area contributed by atoms with Gasteiger partial charge in [0.1, 0.15) is 4.32 Å². The normalized spacial score (nSPS) is 17.2. The first kappa shape index (κ1) is 19.1. The first-order valence-corrected chi connectivity index (χ1v) is 8.80. The Morgan fingerprint density at radius 2 is 2.04 bits per heavy atom. The van der Waals surface area contributed by atoms with Crippen LogP contribution in [0.2, 0.25) is 0 Å². The summed E-state index contributed by atoms with van der Waals surface area (Å²) in [6.07, 6.45) is 3.24. The van der Waals surface area contributed by atoms with Crippen LogP contribution in [0.25, 0.3) is 6.08 Å². The van der Waals surface area contributed by atoms with E-state index in [0.717, 1.165) is 23.1 Å². The molecule has 0 saturated carbocycles. The maximum atomic E-state index is 12.6. The number of carboxylic acid groups (broad SMARTS) is 1. The molecule has 2 rings (SSSR count). The number of hydrogen-bond donors (Lipinski definition) is 0. The highest BCUT2D eigenvalue weighted by Crippen LogP contribution is 2.35. The van der Waals surface area contributed by atoms with Gasteiger partial charge < -0.3 is 9.90 Å². The number of nitro groups is 1. The third-order valence-electron chi connectivity index (χ3n) is 3.64. The number of non-ortho nitro benzene ring substituents is 1. The topological polar surface area (TPSA) is 104 Å². The number of nitrogens with zero attached hydrogens (tertiary/aromatic N) is 2. The number of hydrogen-bond acceptors (Lipinski definition) is 7. The summed E-state index contributed by atoms with van der Waals surface area (Å²) in [5.74, 6) is -1.82. The molecule has 132 valence electrons. The van der Waals surface area contributed by atoms with Gasteiger partial charge in [-0.2, -0.15) is 0 Å². The van der Waals surface area contributed by atoms with Gasteiger partial charge in [0, 0.05) is 12.1 Å². The van der Waals surface area contributed by atoms with Crippen molar-refractivity contribution in [1.82, 2.24) is 4.90 Å². The zero-order chi connectivity index (χ0) is 18.6. The Hall–Kier alpha value is -2.26. The van der Waals surface area contributed by atoms with Gasteiger partial charge in [-0.05, 0) is 30.2 Å². The Morgan fingerprint density at radius 3 is 2.56 bits per heavy atom. The second kappa shape index (κ2) is 8.21. The highest BCUT2D eigenvalue weighted by Gasteiger charge is 2.37. The number of thiocarbonyl (C=S) groups is 1. The number of nitro benzene ring substituents is 1. The van der Waals surface area contributed by atoms with Gasteiger partial charge in [0.05, 0.1) is 21.8 Å². The van der Waals surface area contributed by atoms with Crippen LogP contribution in [-0.2, 0) is 9.59 Å². The first-order chi connectivity index (χ1) is 11.8. The summed E-state index contributed by atoms with van der Waals surface area (Å²) < 4.78 is 0.170. The van der Waals surface area contributed by atoms with E-state index in [-0.39, 0.29) is 21.3 Å². The summed E-state index contributed by atoms with van der Waals surface area (Å²) in [4.78, 5) is 35.5. The van der Waals surface area contributed by atoms with Crippen molar-refractivity contribution in [2.45, 2.75) is 32.2 Å². The smallest absolute Gasteiger partial charge is 0.269 e. The van der Waals surface area contributed by atoms with Gasteiger partial charge >= 0.3 is 0 Å². The maximum Gasteiger partial charge on any atom is 0.269 e. The molecule has 7 nitrogen and oxygen atoms in total. The Bertz CT molecular complexity index is 745. The van der Waals surface area contributed by atoms with Crippen LogP contribution >= 0.6 is 24.0 Å². The molecule has 25 heavy (non-hydrogen) atoms. The predicted octanol–water partition coefficient (Wildman–Crippen LogP) is 2.10. The number of benzene rings is 1. The Morgan fingerprint density at radius 1 is 1.40 bits per heavy atom. The van der Waals surface area contributed by atoms with E-state index in [4.69, 9.17) is 12.2 Å². The molecule has 1 heterocycles. The molecule has 1 amide bonds. The van der Waals surface area contributed by atoms with Crippen molar-refractivity contribution >= 4 is 51.9 Å². The second-order valence-electron chi connectivity index (χ2n) is 5.38. The van der Waals surface area contributed by atoms with E-state index in [1.54, 1.807) is 0 Å². The lowest BCUT2D eigenvalue weighted by Crippen LogP contribution is -2.49. The molecule has 0 spiro atoms. The van der Waals surface area contributed by atoms with Gasteiger partial charge in [0.25, 0.3) is 11.6 Å². The molecular formula is C16H15N2O5S2-. The zero-order valence-electron chi connectivity index (χ0n) is 13.3. The monoisotopic (exact) mass is 379 g/mol. The van der Waals surface area contributed by atoms with E-state index in [1.807, 2.05) is 6.92 Å². The Labute approximate surface area is 153 Å². The van der Waals surface area contributed by atoms with Crippen LogP contribution in [0, 0.1) is 10.1 Å².